The topological polar surface area (TPSA) is 91.0 Å². The van der Waals surface area contributed by atoms with Crippen molar-refractivity contribution in [2.45, 2.75) is 32.1 Å². The fourth-order valence-corrected chi connectivity index (χ4v) is 4.19. The molecule has 1 aromatic carbocycles. The Kier molecular flexibility index (Phi) is 4.35. The van der Waals surface area contributed by atoms with Crippen LogP contribution in [0.15, 0.2) is 42.7 Å². The third-order valence-electron chi connectivity index (χ3n) is 5.66. The van der Waals surface area contributed by atoms with Crippen LogP contribution in [0.3, 0.4) is 0 Å². The summed E-state index contributed by atoms with van der Waals surface area (Å²) in [7, 11) is 0. The highest BCUT2D eigenvalue weighted by Gasteiger charge is 2.27. The van der Waals surface area contributed by atoms with Crippen molar-refractivity contribution in [2.75, 3.05) is 16.8 Å². The first-order valence-corrected chi connectivity index (χ1v) is 9.93. The Morgan fingerprint density at radius 2 is 2.00 bits per heavy atom. The van der Waals surface area contributed by atoms with Gasteiger partial charge in [0.1, 0.15) is 0 Å². The van der Waals surface area contributed by atoms with E-state index in [9.17, 15) is 9.59 Å². The Morgan fingerprint density at radius 1 is 1.10 bits per heavy atom. The molecule has 0 radical (unpaired) electrons. The highest BCUT2D eigenvalue weighted by Crippen LogP contribution is 2.32. The van der Waals surface area contributed by atoms with Gasteiger partial charge in [-0.25, -0.2) is 0 Å². The summed E-state index contributed by atoms with van der Waals surface area (Å²) in [4.78, 5) is 31.3. The molecule has 2 aliphatic rings. The van der Waals surface area contributed by atoms with E-state index in [-0.39, 0.29) is 11.8 Å². The Balaban J connectivity index is 1.35. The van der Waals surface area contributed by atoms with Crippen LogP contribution in [0, 0.1) is 0 Å². The number of nitrogens with one attached hydrogen (secondary N) is 2. The maximum atomic E-state index is 12.8. The molecule has 0 unspecified atom stereocenters. The lowest BCUT2D eigenvalue weighted by Gasteiger charge is -2.17. The summed E-state index contributed by atoms with van der Waals surface area (Å²) in [6.45, 7) is 0.618. The first-order chi connectivity index (χ1) is 14.2. The maximum Gasteiger partial charge on any atom is 0.276 e. The number of amides is 2. The largest absolute Gasteiger partial charge is 0.321 e. The molecule has 2 amide bonds. The number of carbonyl (C=O) groups is 2. The van der Waals surface area contributed by atoms with Crippen LogP contribution in [0.25, 0.3) is 0 Å². The average Bonchev–Trinajstić information content (AvgIpc) is 3.38. The molecule has 0 saturated heterocycles. The summed E-state index contributed by atoms with van der Waals surface area (Å²) in [5.41, 5.74) is 5.84. The number of nitrogens with zero attached hydrogens (tertiary/aromatic N) is 3. The van der Waals surface area contributed by atoms with E-state index in [2.05, 4.69) is 20.5 Å². The second-order valence-corrected chi connectivity index (χ2v) is 7.48. The van der Waals surface area contributed by atoms with Gasteiger partial charge in [-0.2, -0.15) is 5.10 Å². The molecule has 2 aromatic heterocycles. The molecule has 5 rings (SSSR count). The molecule has 3 heterocycles. The minimum atomic E-state index is -0.189. The number of hydrogen-bond donors (Lipinski definition) is 2. The van der Waals surface area contributed by atoms with E-state index in [1.54, 1.807) is 29.4 Å². The van der Waals surface area contributed by atoms with Gasteiger partial charge in [-0.1, -0.05) is 0 Å². The van der Waals surface area contributed by atoms with Gasteiger partial charge in [0.15, 0.2) is 5.69 Å². The van der Waals surface area contributed by atoms with Crippen LogP contribution >= 0.6 is 0 Å². The number of fused-ring (bicyclic) bond motifs is 2. The van der Waals surface area contributed by atoms with E-state index >= 15 is 0 Å². The molecular weight excluding hydrogens is 366 g/mol. The van der Waals surface area contributed by atoms with Crippen molar-refractivity contribution in [1.82, 2.24) is 15.2 Å². The van der Waals surface area contributed by atoms with Crippen LogP contribution in [0.5, 0.6) is 0 Å². The zero-order chi connectivity index (χ0) is 19.8. The molecule has 1 aliphatic heterocycles. The second kappa shape index (κ2) is 7.16. The van der Waals surface area contributed by atoms with Crippen molar-refractivity contribution in [2.24, 2.45) is 0 Å². The zero-order valence-electron chi connectivity index (χ0n) is 15.9. The summed E-state index contributed by atoms with van der Waals surface area (Å²) in [5.74, 6) is -0.248. The van der Waals surface area contributed by atoms with Crippen LogP contribution in [0.4, 0.5) is 11.4 Å². The molecule has 7 nitrogen and oxygen atoms in total. The highest BCUT2D eigenvalue weighted by atomic mass is 16.2. The van der Waals surface area contributed by atoms with Gasteiger partial charge in [-0.15, -0.1) is 0 Å². The van der Waals surface area contributed by atoms with Gasteiger partial charge in [0.25, 0.3) is 11.8 Å². The molecule has 3 aromatic rings. The zero-order valence-corrected chi connectivity index (χ0v) is 15.9. The van der Waals surface area contributed by atoms with Gasteiger partial charge in [0.05, 0.1) is 5.56 Å². The van der Waals surface area contributed by atoms with Crippen molar-refractivity contribution < 1.29 is 9.59 Å². The van der Waals surface area contributed by atoms with Crippen LogP contribution in [0.2, 0.25) is 0 Å². The van der Waals surface area contributed by atoms with Gasteiger partial charge >= 0.3 is 0 Å². The second-order valence-electron chi connectivity index (χ2n) is 7.48. The summed E-state index contributed by atoms with van der Waals surface area (Å²) in [5, 5.41) is 10.2. The smallest absolute Gasteiger partial charge is 0.276 e. The molecule has 0 fully saturated rings. The number of carbonyl (C=O) groups excluding carboxylic acids is 2. The van der Waals surface area contributed by atoms with Gasteiger partial charge in [0.2, 0.25) is 0 Å². The predicted octanol–water partition coefficient (Wildman–Crippen LogP) is 3.14. The van der Waals surface area contributed by atoms with Crippen molar-refractivity contribution in [3.63, 3.8) is 0 Å². The normalized spacial score (nSPS) is 15.0. The van der Waals surface area contributed by atoms with Gasteiger partial charge in [-0.3, -0.25) is 19.7 Å². The van der Waals surface area contributed by atoms with Gasteiger partial charge in [-0.05, 0) is 68.0 Å². The Bertz CT molecular complexity index is 1090. The summed E-state index contributed by atoms with van der Waals surface area (Å²) in [6, 6.07) is 9.21. The van der Waals surface area contributed by atoms with Gasteiger partial charge in [0, 0.05) is 41.6 Å². The summed E-state index contributed by atoms with van der Waals surface area (Å²) < 4.78 is 0. The quantitative estimate of drug-likeness (QED) is 0.722. The van der Waals surface area contributed by atoms with Crippen molar-refractivity contribution in [1.29, 1.82) is 0 Å². The Morgan fingerprint density at radius 3 is 2.86 bits per heavy atom. The number of benzene rings is 1. The lowest BCUT2D eigenvalue weighted by atomic mass is 9.96. The SMILES string of the molecule is O=C(Nc1ccc2c(c1)CCN2C(=O)c1cccnc1)c1n[nH]c2c1CCCC2. The molecule has 2 N–H and O–H groups in total. The molecule has 0 atom stereocenters. The molecule has 0 bridgehead atoms. The average molecular weight is 387 g/mol. The molecule has 146 valence electrons. The number of pyridine rings is 1. The third kappa shape index (κ3) is 3.18. The fourth-order valence-electron chi connectivity index (χ4n) is 4.19. The molecule has 1 aliphatic carbocycles. The number of aromatic nitrogens is 3. The Labute approximate surface area is 168 Å². The number of hydrogen-bond acceptors (Lipinski definition) is 4. The first-order valence-electron chi connectivity index (χ1n) is 9.93. The first kappa shape index (κ1) is 17.6. The van der Waals surface area contributed by atoms with Crippen LogP contribution in [0.1, 0.15) is 50.5 Å². The predicted molar refractivity (Wildman–Crippen MR) is 109 cm³/mol. The molecule has 0 spiro atoms. The Hall–Kier alpha value is -3.48. The minimum Gasteiger partial charge on any atom is -0.321 e. The standard InChI is InChI=1S/C22H21N5O2/c28-21(20-17-5-1-2-6-18(17)25-26-20)24-16-7-8-19-14(12-16)9-11-27(19)22(29)15-4-3-10-23-13-15/h3-4,7-8,10,12-13H,1-2,5-6,9,11H2,(H,24,28)(H,25,26). The lowest BCUT2D eigenvalue weighted by Crippen LogP contribution is -2.28. The van der Waals surface area contributed by atoms with E-state index in [0.717, 1.165) is 60.3 Å². The number of H-pyrrole nitrogens is 1. The molecule has 29 heavy (non-hydrogen) atoms. The monoisotopic (exact) mass is 387 g/mol. The molecule has 0 saturated carbocycles. The van der Waals surface area contributed by atoms with Crippen LogP contribution < -0.4 is 10.2 Å². The molecular formula is C22H21N5O2. The summed E-state index contributed by atoms with van der Waals surface area (Å²) >= 11 is 0. The van der Waals surface area contributed by atoms with E-state index in [1.165, 1.54) is 0 Å². The minimum absolute atomic E-state index is 0.0585. The summed E-state index contributed by atoms with van der Waals surface area (Å²) in [6.07, 6.45) is 8.06. The highest BCUT2D eigenvalue weighted by molar-refractivity contribution is 6.08. The van der Waals surface area contributed by atoms with E-state index in [0.29, 0.717) is 17.8 Å². The number of rotatable bonds is 3. The fraction of sp³-hybridized carbons (Fsp3) is 0.273. The molecule has 7 heteroatoms. The lowest BCUT2D eigenvalue weighted by molar-refractivity contribution is 0.0987. The number of aryl methyl sites for hydroxylation is 1. The van der Waals surface area contributed by atoms with Crippen LogP contribution in [-0.4, -0.2) is 33.5 Å². The van der Waals surface area contributed by atoms with Crippen LogP contribution in [-0.2, 0) is 19.3 Å². The van der Waals surface area contributed by atoms with Crippen molar-refractivity contribution in [3.05, 3.63) is 70.8 Å². The third-order valence-corrected chi connectivity index (χ3v) is 5.66. The number of aromatic amines is 1. The van der Waals surface area contributed by atoms with Crippen molar-refractivity contribution in [3.8, 4) is 0 Å². The van der Waals surface area contributed by atoms with E-state index in [4.69, 9.17) is 0 Å². The number of anilines is 2. The van der Waals surface area contributed by atoms with Gasteiger partial charge < -0.3 is 10.2 Å². The van der Waals surface area contributed by atoms with E-state index in [1.807, 2.05) is 18.2 Å². The maximum absolute atomic E-state index is 12.8. The van der Waals surface area contributed by atoms with Crippen molar-refractivity contribution >= 4 is 23.2 Å². The van der Waals surface area contributed by atoms with E-state index < -0.39 is 0 Å².